The van der Waals surface area contributed by atoms with Gasteiger partial charge in [0.2, 0.25) is 5.91 Å². The summed E-state index contributed by atoms with van der Waals surface area (Å²) in [5.74, 6) is 0.0402. The van der Waals surface area contributed by atoms with E-state index in [-0.39, 0.29) is 11.2 Å². The molecule has 2 unspecified atom stereocenters. The van der Waals surface area contributed by atoms with Crippen LogP contribution in [0.25, 0.3) is 0 Å². The zero-order valence-electron chi connectivity index (χ0n) is 7.32. The van der Waals surface area contributed by atoms with Crippen molar-refractivity contribution < 1.29 is 9.00 Å². The first-order valence-electron chi connectivity index (χ1n) is 3.68. The van der Waals surface area contributed by atoms with Gasteiger partial charge < -0.3 is 4.90 Å². The van der Waals surface area contributed by atoms with E-state index >= 15 is 0 Å². The van der Waals surface area contributed by atoms with Crippen molar-refractivity contribution in [1.82, 2.24) is 4.90 Å². The van der Waals surface area contributed by atoms with Crippen molar-refractivity contribution >= 4 is 38.4 Å². The van der Waals surface area contributed by atoms with Gasteiger partial charge in [0, 0.05) is 14.1 Å². The summed E-state index contributed by atoms with van der Waals surface area (Å²) in [6.45, 7) is 0. The summed E-state index contributed by atoms with van der Waals surface area (Å²) in [5, 5.41) is -0.146. The van der Waals surface area contributed by atoms with Crippen LogP contribution < -0.4 is 0 Å². The number of thioether (sulfide) groups is 1. The highest BCUT2D eigenvalue weighted by molar-refractivity contribution is 8.26. The SMILES string of the molecule is CN(C)C(=O)C1CC=C(S(=O)Cl)S1. The van der Waals surface area contributed by atoms with E-state index in [1.54, 1.807) is 20.2 Å². The maximum Gasteiger partial charge on any atom is 0.235 e. The lowest BCUT2D eigenvalue weighted by Crippen LogP contribution is -2.30. The number of rotatable bonds is 2. The largest absolute Gasteiger partial charge is 0.348 e. The Hall–Kier alpha value is -0.000000000000000167. The van der Waals surface area contributed by atoms with E-state index in [2.05, 4.69) is 0 Å². The zero-order valence-corrected chi connectivity index (χ0v) is 9.71. The van der Waals surface area contributed by atoms with E-state index < -0.39 is 10.0 Å². The maximum atomic E-state index is 11.4. The number of carbonyl (C=O) groups excluding carboxylic acids is 1. The third-order valence-corrected chi connectivity index (χ3v) is 4.71. The molecule has 1 rings (SSSR count). The number of hydrogen-bond donors (Lipinski definition) is 0. The van der Waals surface area contributed by atoms with Crippen LogP contribution in [0.3, 0.4) is 0 Å². The fourth-order valence-electron chi connectivity index (χ4n) is 0.982. The Balaban J connectivity index is 2.55. The average Bonchev–Trinajstić information content (AvgIpc) is 2.50. The molecule has 0 N–H and O–H groups in total. The van der Waals surface area contributed by atoms with Crippen LogP contribution in [-0.4, -0.2) is 34.4 Å². The first-order valence-corrected chi connectivity index (χ1v) is 6.54. The van der Waals surface area contributed by atoms with Crippen LogP contribution in [0.2, 0.25) is 0 Å². The van der Waals surface area contributed by atoms with Crippen molar-refractivity contribution in [2.24, 2.45) is 0 Å². The second-order valence-corrected chi connectivity index (χ2v) is 6.05. The Kier molecular flexibility index (Phi) is 3.82. The van der Waals surface area contributed by atoms with E-state index in [9.17, 15) is 9.00 Å². The van der Waals surface area contributed by atoms with Crippen molar-refractivity contribution in [3.05, 3.63) is 10.3 Å². The number of hydrogen-bond acceptors (Lipinski definition) is 3. The molecule has 3 nitrogen and oxygen atoms in total. The summed E-state index contributed by atoms with van der Waals surface area (Å²) >= 11 is 1.29. The molecule has 13 heavy (non-hydrogen) atoms. The van der Waals surface area contributed by atoms with Crippen LogP contribution in [0.5, 0.6) is 0 Å². The summed E-state index contributed by atoms with van der Waals surface area (Å²) < 4.78 is 11.4. The Labute approximate surface area is 88.5 Å². The van der Waals surface area contributed by atoms with Crippen molar-refractivity contribution in [2.75, 3.05) is 14.1 Å². The molecule has 0 aromatic heterocycles. The first-order chi connectivity index (χ1) is 6.02. The zero-order chi connectivity index (χ0) is 10.0. The molecule has 0 aromatic carbocycles. The third-order valence-electron chi connectivity index (χ3n) is 1.63. The van der Waals surface area contributed by atoms with Gasteiger partial charge in [-0.1, -0.05) is 6.08 Å². The van der Waals surface area contributed by atoms with Gasteiger partial charge in [-0.05, 0) is 17.1 Å². The molecular weight excluding hydrogens is 230 g/mol. The van der Waals surface area contributed by atoms with Gasteiger partial charge in [0.1, 0.15) is 0 Å². The Morgan fingerprint density at radius 3 is 2.77 bits per heavy atom. The minimum Gasteiger partial charge on any atom is -0.348 e. The van der Waals surface area contributed by atoms with E-state index in [1.165, 1.54) is 16.7 Å². The van der Waals surface area contributed by atoms with Gasteiger partial charge >= 0.3 is 0 Å². The lowest BCUT2D eigenvalue weighted by atomic mass is 10.3. The van der Waals surface area contributed by atoms with Crippen LogP contribution >= 0.6 is 22.4 Å². The quantitative estimate of drug-likeness (QED) is 0.683. The lowest BCUT2D eigenvalue weighted by molar-refractivity contribution is -0.128. The molecule has 0 bridgehead atoms. The summed E-state index contributed by atoms with van der Waals surface area (Å²) in [6, 6.07) is 0. The van der Waals surface area contributed by atoms with Crippen LogP contribution in [-0.2, 0) is 14.8 Å². The average molecular weight is 240 g/mol. The van der Waals surface area contributed by atoms with Crippen LogP contribution in [0.15, 0.2) is 10.3 Å². The molecule has 1 aliphatic rings. The normalized spacial score (nSPS) is 23.9. The molecule has 0 spiro atoms. The predicted molar refractivity (Wildman–Crippen MR) is 56.8 cm³/mol. The van der Waals surface area contributed by atoms with Crippen molar-refractivity contribution in [3.8, 4) is 0 Å². The molecular formula is C7H10ClNO2S2. The van der Waals surface area contributed by atoms with Crippen LogP contribution in [0, 0.1) is 0 Å². The van der Waals surface area contributed by atoms with Crippen LogP contribution in [0.4, 0.5) is 0 Å². The second-order valence-electron chi connectivity index (χ2n) is 2.82. The Morgan fingerprint density at radius 1 is 1.77 bits per heavy atom. The summed E-state index contributed by atoms with van der Waals surface area (Å²) in [7, 11) is 7.34. The number of allylic oxidation sites excluding steroid dienone is 1. The first kappa shape index (κ1) is 11.1. The molecule has 0 saturated heterocycles. The fraction of sp³-hybridized carbons (Fsp3) is 0.571. The highest BCUT2D eigenvalue weighted by Gasteiger charge is 2.28. The van der Waals surface area contributed by atoms with Crippen molar-refractivity contribution in [3.63, 3.8) is 0 Å². The Morgan fingerprint density at radius 2 is 2.38 bits per heavy atom. The summed E-state index contributed by atoms with van der Waals surface area (Å²) in [4.78, 5) is 13.0. The molecule has 2 atom stereocenters. The number of nitrogens with zero attached hydrogens (tertiary/aromatic N) is 1. The molecule has 0 saturated carbocycles. The van der Waals surface area contributed by atoms with Gasteiger partial charge in [-0.2, -0.15) is 0 Å². The van der Waals surface area contributed by atoms with E-state index in [0.29, 0.717) is 10.7 Å². The van der Waals surface area contributed by atoms with Crippen molar-refractivity contribution in [2.45, 2.75) is 11.7 Å². The minimum atomic E-state index is -1.47. The van der Waals surface area contributed by atoms with E-state index in [1.807, 2.05) is 0 Å². The van der Waals surface area contributed by atoms with Crippen LogP contribution in [0.1, 0.15) is 6.42 Å². The standard InChI is InChI=1S/C7H10ClNO2S2/c1-9(2)7(10)5-3-4-6(12-5)13(8)11/h4-5H,3H2,1-2H3. The minimum absolute atomic E-state index is 0.0402. The topological polar surface area (TPSA) is 37.4 Å². The van der Waals surface area contributed by atoms with Crippen molar-refractivity contribution in [1.29, 1.82) is 0 Å². The van der Waals surface area contributed by atoms with Gasteiger partial charge in [0.15, 0.2) is 10.0 Å². The highest BCUT2D eigenvalue weighted by Crippen LogP contribution is 2.36. The highest BCUT2D eigenvalue weighted by atomic mass is 35.7. The predicted octanol–water partition coefficient (Wildman–Crippen LogP) is 1.32. The number of halogens is 1. The molecule has 0 aromatic rings. The van der Waals surface area contributed by atoms with Gasteiger partial charge in [0.05, 0.1) is 9.49 Å². The number of carbonyl (C=O) groups is 1. The van der Waals surface area contributed by atoms with Gasteiger partial charge in [-0.15, -0.1) is 11.8 Å². The Bertz CT molecular complexity index is 278. The van der Waals surface area contributed by atoms with E-state index in [4.69, 9.17) is 10.7 Å². The monoisotopic (exact) mass is 239 g/mol. The number of amides is 1. The molecule has 1 aliphatic heterocycles. The summed E-state index contributed by atoms with van der Waals surface area (Å²) in [5.41, 5.74) is 0. The molecule has 6 heteroatoms. The lowest BCUT2D eigenvalue weighted by Gasteiger charge is -2.14. The van der Waals surface area contributed by atoms with Gasteiger partial charge in [0.25, 0.3) is 0 Å². The van der Waals surface area contributed by atoms with Gasteiger partial charge in [-0.3, -0.25) is 4.79 Å². The fourth-order valence-corrected chi connectivity index (χ4v) is 3.35. The van der Waals surface area contributed by atoms with E-state index in [0.717, 1.165) is 0 Å². The second kappa shape index (κ2) is 4.48. The molecule has 0 radical (unpaired) electrons. The van der Waals surface area contributed by atoms with Gasteiger partial charge in [-0.25, -0.2) is 4.21 Å². The molecule has 1 heterocycles. The summed E-state index contributed by atoms with van der Waals surface area (Å²) in [6.07, 6.45) is 2.38. The molecule has 1 amide bonds. The smallest absolute Gasteiger partial charge is 0.235 e. The third kappa shape index (κ3) is 2.72. The molecule has 74 valence electrons. The maximum absolute atomic E-state index is 11.4. The molecule has 0 fully saturated rings. The molecule has 0 aliphatic carbocycles.